The molecule has 1 aromatic rings. The SMILES string of the molecule is CCN1CC2CCCC2C1CNC(=O)c1cc(C(F)(F)F)ccc1OC. The highest BCUT2D eigenvalue weighted by atomic mass is 19.4. The van der Waals surface area contributed by atoms with Crippen LogP contribution >= 0.6 is 0 Å². The Morgan fingerprint density at radius 1 is 1.35 bits per heavy atom. The van der Waals surface area contributed by atoms with Crippen molar-refractivity contribution in [3.05, 3.63) is 29.3 Å². The second-order valence-corrected chi connectivity index (χ2v) is 7.13. The average molecular weight is 370 g/mol. The Bertz CT molecular complexity index is 663. The molecule has 1 aromatic carbocycles. The number of hydrogen-bond donors (Lipinski definition) is 1. The number of amides is 1. The zero-order chi connectivity index (χ0) is 18.9. The van der Waals surface area contributed by atoms with Crippen molar-refractivity contribution in [2.75, 3.05) is 26.7 Å². The Morgan fingerprint density at radius 3 is 2.77 bits per heavy atom. The predicted octanol–water partition coefficient (Wildman–Crippen LogP) is 3.56. The minimum absolute atomic E-state index is 0.0775. The van der Waals surface area contributed by atoms with E-state index in [-0.39, 0.29) is 17.4 Å². The van der Waals surface area contributed by atoms with Crippen molar-refractivity contribution < 1.29 is 22.7 Å². The van der Waals surface area contributed by atoms with Gasteiger partial charge in [-0.3, -0.25) is 9.69 Å². The van der Waals surface area contributed by atoms with E-state index in [1.165, 1.54) is 26.0 Å². The monoisotopic (exact) mass is 370 g/mol. The molecule has 2 fully saturated rings. The van der Waals surface area contributed by atoms with Crippen LogP contribution in [0, 0.1) is 11.8 Å². The van der Waals surface area contributed by atoms with Crippen LogP contribution in [-0.4, -0.2) is 43.6 Å². The van der Waals surface area contributed by atoms with Gasteiger partial charge in [0.1, 0.15) is 5.75 Å². The van der Waals surface area contributed by atoms with Crippen molar-refractivity contribution in [3.63, 3.8) is 0 Å². The van der Waals surface area contributed by atoms with Gasteiger partial charge < -0.3 is 10.1 Å². The first-order valence-electron chi connectivity index (χ1n) is 9.12. The van der Waals surface area contributed by atoms with Crippen molar-refractivity contribution >= 4 is 5.91 Å². The summed E-state index contributed by atoms with van der Waals surface area (Å²) in [5.41, 5.74) is -0.929. The third kappa shape index (κ3) is 3.68. The van der Waals surface area contributed by atoms with Crippen LogP contribution < -0.4 is 10.1 Å². The molecule has 2 aliphatic rings. The number of ether oxygens (including phenoxy) is 1. The van der Waals surface area contributed by atoms with Gasteiger partial charge in [-0.25, -0.2) is 0 Å². The third-order valence-corrected chi connectivity index (χ3v) is 5.80. The van der Waals surface area contributed by atoms with Crippen LogP contribution in [-0.2, 0) is 6.18 Å². The van der Waals surface area contributed by atoms with E-state index in [2.05, 4.69) is 17.1 Å². The first-order chi connectivity index (χ1) is 12.3. The van der Waals surface area contributed by atoms with Gasteiger partial charge >= 0.3 is 6.18 Å². The van der Waals surface area contributed by atoms with Crippen LogP contribution in [0.25, 0.3) is 0 Å². The molecule has 1 aliphatic heterocycles. The molecule has 0 bridgehead atoms. The van der Waals surface area contributed by atoms with Crippen LogP contribution in [0.1, 0.15) is 42.1 Å². The van der Waals surface area contributed by atoms with Gasteiger partial charge in [0, 0.05) is 19.1 Å². The predicted molar refractivity (Wildman–Crippen MR) is 92.2 cm³/mol. The summed E-state index contributed by atoms with van der Waals surface area (Å²) in [6, 6.07) is 3.24. The molecule has 3 atom stereocenters. The van der Waals surface area contributed by atoms with Crippen molar-refractivity contribution in [1.82, 2.24) is 10.2 Å². The molecule has 1 N–H and O–H groups in total. The molecule has 1 saturated carbocycles. The summed E-state index contributed by atoms with van der Waals surface area (Å²) in [5.74, 6) is 0.872. The number of nitrogens with zero attached hydrogens (tertiary/aromatic N) is 1. The van der Waals surface area contributed by atoms with Crippen LogP contribution in [0.15, 0.2) is 18.2 Å². The molecule has 1 heterocycles. The van der Waals surface area contributed by atoms with E-state index in [4.69, 9.17) is 4.74 Å². The molecule has 1 amide bonds. The number of rotatable bonds is 5. The number of benzene rings is 1. The van der Waals surface area contributed by atoms with Gasteiger partial charge in [-0.15, -0.1) is 0 Å². The molecule has 0 radical (unpaired) electrons. The second-order valence-electron chi connectivity index (χ2n) is 7.13. The highest BCUT2D eigenvalue weighted by Crippen LogP contribution is 2.41. The molecule has 1 saturated heterocycles. The summed E-state index contributed by atoms with van der Waals surface area (Å²) in [4.78, 5) is 14.9. The minimum Gasteiger partial charge on any atom is -0.496 e. The topological polar surface area (TPSA) is 41.6 Å². The van der Waals surface area contributed by atoms with Gasteiger partial charge in [0.15, 0.2) is 0 Å². The van der Waals surface area contributed by atoms with Gasteiger partial charge in [0.05, 0.1) is 18.2 Å². The number of methoxy groups -OCH3 is 1. The Labute approximate surface area is 151 Å². The summed E-state index contributed by atoms with van der Waals surface area (Å²) < 4.78 is 44.0. The number of alkyl halides is 3. The number of likely N-dealkylation sites (N-methyl/N-ethyl adjacent to an activating group) is 1. The standard InChI is InChI=1S/C19H25F3N2O2/c1-3-24-11-12-5-4-6-14(12)16(24)10-23-18(25)15-9-13(19(20,21)22)7-8-17(15)26-2/h7-9,12,14,16H,3-6,10-11H2,1-2H3,(H,23,25). The average Bonchev–Trinajstić information content (AvgIpc) is 3.19. The maximum absolute atomic E-state index is 13.0. The van der Waals surface area contributed by atoms with E-state index in [1.54, 1.807) is 0 Å². The number of carbonyl (C=O) groups excluding carboxylic acids is 1. The molecule has 4 nitrogen and oxygen atoms in total. The van der Waals surface area contributed by atoms with E-state index in [1.807, 2.05) is 0 Å². The zero-order valence-electron chi connectivity index (χ0n) is 15.1. The van der Waals surface area contributed by atoms with Crippen molar-refractivity contribution in [3.8, 4) is 5.75 Å². The van der Waals surface area contributed by atoms with Gasteiger partial charge in [0.2, 0.25) is 0 Å². The smallest absolute Gasteiger partial charge is 0.416 e. The highest BCUT2D eigenvalue weighted by molar-refractivity contribution is 5.97. The summed E-state index contributed by atoms with van der Waals surface area (Å²) in [7, 11) is 1.35. The van der Waals surface area contributed by atoms with Gasteiger partial charge in [-0.05, 0) is 49.4 Å². The van der Waals surface area contributed by atoms with E-state index in [9.17, 15) is 18.0 Å². The lowest BCUT2D eigenvalue weighted by molar-refractivity contribution is -0.137. The lowest BCUT2D eigenvalue weighted by Crippen LogP contribution is -2.43. The van der Waals surface area contributed by atoms with Crippen LogP contribution in [0.3, 0.4) is 0 Å². The third-order valence-electron chi connectivity index (χ3n) is 5.80. The van der Waals surface area contributed by atoms with Crippen LogP contribution in [0.4, 0.5) is 13.2 Å². The summed E-state index contributed by atoms with van der Waals surface area (Å²) >= 11 is 0. The largest absolute Gasteiger partial charge is 0.496 e. The molecule has 1 aliphatic carbocycles. The van der Waals surface area contributed by atoms with Gasteiger partial charge in [-0.1, -0.05) is 13.3 Å². The second kappa shape index (κ2) is 7.47. The van der Waals surface area contributed by atoms with Crippen molar-refractivity contribution in [2.24, 2.45) is 11.8 Å². The maximum atomic E-state index is 13.0. The van der Waals surface area contributed by atoms with E-state index < -0.39 is 17.6 Å². The van der Waals surface area contributed by atoms with Crippen molar-refractivity contribution in [2.45, 2.75) is 38.4 Å². The number of nitrogens with one attached hydrogen (secondary N) is 1. The molecular formula is C19H25F3N2O2. The molecule has 144 valence electrons. The lowest BCUT2D eigenvalue weighted by atomic mass is 9.94. The Balaban J connectivity index is 1.73. The number of carbonyl (C=O) groups is 1. The molecule has 3 unspecified atom stereocenters. The Hall–Kier alpha value is -1.76. The first-order valence-corrected chi connectivity index (χ1v) is 9.12. The van der Waals surface area contributed by atoms with E-state index in [0.29, 0.717) is 18.4 Å². The fraction of sp³-hybridized carbons (Fsp3) is 0.632. The summed E-state index contributed by atoms with van der Waals surface area (Å²) in [6.07, 6.45) is -0.886. The highest BCUT2D eigenvalue weighted by Gasteiger charge is 2.43. The van der Waals surface area contributed by atoms with E-state index >= 15 is 0 Å². The first kappa shape index (κ1) is 19.0. The molecule has 0 spiro atoms. The number of fused-ring (bicyclic) bond motifs is 1. The Morgan fingerprint density at radius 2 is 2.12 bits per heavy atom. The number of hydrogen-bond acceptors (Lipinski definition) is 3. The number of likely N-dealkylation sites (tertiary alicyclic amines) is 1. The van der Waals surface area contributed by atoms with Crippen molar-refractivity contribution in [1.29, 1.82) is 0 Å². The fourth-order valence-electron chi connectivity index (χ4n) is 4.50. The normalized spacial score (nSPS) is 26.0. The Kier molecular flexibility index (Phi) is 5.46. The zero-order valence-corrected chi connectivity index (χ0v) is 15.1. The summed E-state index contributed by atoms with van der Waals surface area (Å²) in [6.45, 7) is 4.52. The number of halogens is 3. The lowest BCUT2D eigenvalue weighted by Gasteiger charge is -2.27. The molecule has 3 rings (SSSR count). The van der Waals surface area contributed by atoms with E-state index in [0.717, 1.165) is 31.6 Å². The molecule has 0 aromatic heterocycles. The quantitative estimate of drug-likeness (QED) is 0.862. The maximum Gasteiger partial charge on any atom is 0.416 e. The molecule has 7 heteroatoms. The van der Waals surface area contributed by atoms with Gasteiger partial charge in [-0.2, -0.15) is 13.2 Å². The molecule has 26 heavy (non-hydrogen) atoms. The van der Waals surface area contributed by atoms with Gasteiger partial charge in [0.25, 0.3) is 5.91 Å². The fourth-order valence-corrected chi connectivity index (χ4v) is 4.50. The molecular weight excluding hydrogens is 345 g/mol. The van der Waals surface area contributed by atoms with Crippen LogP contribution in [0.2, 0.25) is 0 Å². The van der Waals surface area contributed by atoms with Crippen LogP contribution in [0.5, 0.6) is 5.75 Å². The summed E-state index contributed by atoms with van der Waals surface area (Å²) in [5, 5.41) is 2.84. The minimum atomic E-state index is -4.50.